The van der Waals surface area contributed by atoms with Gasteiger partial charge in [-0.05, 0) is 24.3 Å². The number of ether oxygens (including phenoxy) is 2. The van der Waals surface area contributed by atoms with Gasteiger partial charge in [-0.15, -0.1) is 0 Å². The SMILES string of the molecule is CNC(=O)NC(=O)[C@H](OC(=O)c1ccc(COc2ccccc2)o1)c1ccccc1. The summed E-state index contributed by atoms with van der Waals surface area (Å²) in [6.07, 6.45) is -1.33. The first kappa shape index (κ1) is 20.7. The van der Waals surface area contributed by atoms with Crippen molar-refractivity contribution < 1.29 is 28.3 Å². The van der Waals surface area contributed by atoms with E-state index in [0.29, 0.717) is 17.1 Å². The van der Waals surface area contributed by atoms with Crippen molar-refractivity contribution in [1.82, 2.24) is 10.6 Å². The zero-order valence-corrected chi connectivity index (χ0v) is 16.2. The van der Waals surface area contributed by atoms with E-state index in [9.17, 15) is 14.4 Å². The largest absolute Gasteiger partial charge is 0.486 e. The van der Waals surface area contributed by atoms with Gasteiger partial charge in [-0.25, -0.2) is 9.59 Å². The monoisotopic (exact) mass is 408 g/mol. The summed E-state index contributed by atoms with van der Waals surface area (Å²) in [5, 5.41) is 4.39. The number of rotatable bonds is 7. The van der Waals surface area contributed by atoms with Crippen molar-refractivity contribution >= 4 is 17.9 Å². The maximum atomic E-state index is 12.5. The zero-order valence-electron chi connectivity index (χ0n) is 16.2. The molecule has 0 fully saturated rings. The van der Waals surface area contributed by atoms with Crippen LogP contribution in [0.2, 0.25) is 0 Å². The lowest BCUT2D eigenvalue weighted by molar-refractivity contribution is -0.129. The number of para-hydroxylation sites is 1. The number of furan rings is 1. The minimum Gasteiger partial charge on any atom is -0.486 e. The Morgan fingerprint density at radius 1 is 0.933 bits per heavy atom. The molecule has 154 valence electrons. The average Bonchev–Trinajstić information content (AvgIpc) is 3.26. The number of carbonyl (C=O) groups is 3. The van der Waals surface area contributed by atoms with E-state index < -0.39 is 24.0 Å². The smallest absolute Gasteiger partial charge is 0.375 e. The first-order chi connectivity index (χ1) is 14.6. The first-order valence-corrected chi connectivity index (χ1v) is 9.12. The van der Waals surface area contributed by atoms with Gasteiger partial charge in [0, 0.05) is 12.6 Å². The standard InChI is InChI=1S/C22H20N2O6/c1-23-22(27)24-20(25)19(15-8-4-2-5-9-15)30-21(26)18-13-12-17(29-18)14-28-16-10-6-3-7-11-16/h2-13,19H,14H2,1H3,(H2,23,24,25,27)/t19-/m1/s1. The van der Waals surface area contributed by atoms with Crippen molar-refractivity contribution in [2.24, 2.45) is 0 Å². The minimum absolute atomic E-state index is 0.0877. The molecule has 0 aliphatic heterocycles. The molecule has 3 aromatic rings. The summed E-state index contributed by atoms with van der Waals surface area (Å²) in [4.78, 5) is 36.5. The van der Waals surface area contributed by atoms with Crippen molar-refractivity contribution in [3.05, 3.63) is 89.9 Å². The van der Waals surface area contributed by atoms with Gasteiger partial charge in [0.25, 0.3) is 5.91 Å². The molecule has 0 unspecified atom stereocenters. The van der Waals surface area contributed by atoms with Crippen LogP contribution >= 0.6 is 0 Å². The summed E-state index contributed by atoms with van der Waals surface area (Å²) in [6.45, 7) is 0.122. The molecular weight excluding hydrogens is 388 g/mol. The van der Waals surface area contributed by atoms with Crippen LogP contribution in [-0.2, 0) is 16.1 Å². The van der Waals surface area contributed by atoms with E-state index in [1.54, 1.807) is 48.5 Å². The number of carbonyl (C=O) groups excluding carboxylic acids is 3. The molecule has 30 heavy (non-hydrogen) atoms. The van der Waals surface area contributed by atoms with E-state index in [1.165, 1.54) is 13.1 Å². The molecule has 0 aliphatic rings. The predicted octanol–water partition coefficient (Wildman–Crippen LogP) is 3.21. The van der Waals surface area contributed by atoms with E-state index in [-0.39, 0.29) is 12.4 Å². The van der Waals surface area contributed by atoms with Gasteiger partial charge in [-0.1, -0.05) is 48.5 Å². The second kappa shape index (κ2) is 9.92. The normalized spacial score (nSPS) is 11.2. The summed E-state index contributed by atoms with van der Waals surface area (Å²) in [7, 11) is 1.37. The van der Waals surface area contributed by atoms with Gasteiger partial charge in [0.2, 0.25) is 11.9 Å². The Bertz CT molecular complexity index is 1000. The maximum Gasteiger partial charge on any atom is 0.375 e. The molecule has 3 amide bonds. The van der Waals surface area contributed by atoms with Crippen molar-refractivity contribution in [1.29, 1.82) is 0 Å². The fraction of sp³-hybridized carbons (Fsp3) is 0.136. The van der Waals surface area contributed by atoms with Crippen LogP contribution < -0.4 is 15.4 Å². The second-order valence-corrected chi connectivity index (χ2v) is 6.13. The summed E-state index contributed by atoms with van der Waals surface area (Å²) >= 11 is 0. The predicted molar refractivity (Wildman–Crippen MR) is 107 cm³/mol. The molecule has 3 rings (SSSR count). The molecule has 1 heterocycles. The average molecular weight is 408 g/mol. The molecule has 0 saturated heterocycles. The van der Waals surface area contributed by atoms with Crippen LogP contribution in [0.1, 0.15) is 28.0 Å². The van der Waals surface area contributed by atoms with Crippen molar-refractivity contribution in [3.8, 4) is 5.75 Å². The van der Waals surface area contributed by atoms with Gasteiger partial charge in [0.05, 0.1) is 0 Å². The van der Waals surface area contributed by atoms with Gasteiger partial charge in [0.1, 0.15) is 18.1 Å². The topological polar surface area (TPSA) is 107 Å². The van der Waals surface area contributed by atoms with E-state index in [1.807, 2.05) is 18.2 Å². The fourth-order valence-electron chi connectivity index (χ4n) is 2.54. The quantitative estimate of drug-likeness (QED) is 0.582. The molecule has 0 bridgehead atoms. The number of benzene rings is 2. The Morgan fingerprint density at radius 2 is 1.60 bits per heavy atom. The van der Waals surface area contributed by atoms with Crippen LogP contribution in [0.5, 0.6) is 5.75 Å². The summed E-state index contributed by atoms with van der Waals surface area (Å²) in [5.41, 5.74) is 0.409. The Balaban J connectivity index is 1.68. The van der Waals surface area contributed by atoms with Gasteiger partial charge in [-0.3, -0.25) is 10.1 Å². The summed E-state index contributed by atoms with van der Waals surface area (Å²) in [5.74, 6) is -0.643. The van der Waals surface area contributed by atoms with E-state index >= 15 is 0 Å². The van der Waals surface area contributed by atoms with Gasteiger partial charge < -0.3 is 19.2 Å². The van der Waals surface area contributed by atoms with Crippen LogP contribution in [-0.4, -0.2) is 25.0 Å². The number of esters is 1. The molecule has 2 N–H and O–H groups in total. The lowest BCUT2D eigenvalue weighted by Crippen LogP contribution is -2.41. The molecule has 8 heteroatoms. The zero-order chi connectivity index (χ0) is 21.3. The number of nitrogens with one attached hydrogen (secondary N) is 2. The molecule has 1 atom stereocenters. The fourth-order valence-corrected chi connectivity index (χ4v) is 2.54. The molecule has 1 aromatic heterocycles. The number of amides is 3. The van der Waals surface area contributed by atoms with Crippen LogP contribution in [0.4, 0.5) is 4.79 Å². The minimum atomic E-state index is -1.33. The van der Waals surface area contributed by atoms with E-state index in [4.69, 9.17) is 13.9 Å². The van der Waals surface area contributed by atoms with Crippen molar-refractivity contribution in [2.45, 2.75) is 12.7 Å². The van der Waals surface area contributed by atoms with E-state index in [0.717, 1.165) is 0 Å². The lowest BCUT2D eigenvalue weighted by Gasteiger charge is -2.16. The number of urea groups is 1. The van der Waals surface area contributed by atoms with Gasteiger partial charge in [0.15, 0.2) is 0 Å². The highest BCUT2D eigenvalue weighted by Gasteiger charge is 2.28. The molecule has 8 nitrogen and oxygen atoms in total. The Labute approximate surface area is 172 Å². The van der Waals surface area contributed by atoms with Crippen LogP contribution in [0, 0.1) is 0 Å². The number of imide groups is 1. The Kier molecular flexibility index (Phi) is 6.83. The van der Waals surface area contributed by atoms with Crippen LogP contribution in [0.25, 0.3) is 0 Å². The summed E-state index contributed by atoms with van der Waals surface area (Å²) in [6, 6.07) is 19.8. The summed E-state index contributed by atoms with van der Waals surface area (Å²) < 4.78 is 16.4. The molecule has 0 saturated carbocycles. The number of hydrogen-bond donors (Lipinski definition) is 2. The molecule has 0 aliphatic carbocycles. The molecule has 0 spiro atoms. The lowest BCUT2D eigenvalue weighted by atomic mass is 10.1. The second-order valence-electron chi connectivity index (χ2n) is 6.13. The van der Waals surface area contributed by atoms with E-state index in [2.05, 4.69) is 10.6 Å². The van der Waals surface area contributed by atoms with Crippen LogP contribution in [0.3, 0.4) is 0 Å². The van der Waals surface area contributed by atoms with Gasteiger partial charge in [-0.2, -0.15) is 0 Å². The van der Waals surface area contributed by atoms with Crippen molar-refractivity contribution in [3.63, 3.8) is 0 Å². The maximum absolute atomic E-state index is 12.5. The van der Waals surface area contributed by atoms with Crippen molar-refractivity contribution in [2.75, 3.05) is 7.05 Å². The number of hydrogen-bond acceptors (Lipinski definition) is 6. The molecule has 2 aromatic carbocycles. The Hall–Kier alpha value is -4.07. The Morgan fingerprint density at radius 3 is 2.27 bits per heavy atom. The molecule has 0 radical (unpaired) electrons. The highest BCUT2D eigenvalue weighted by Crippen LogP contribution is 2.21. The van der Waals surface area contributed by atoms with Crippen LogP contribution in [0.15, 0.2) is 77.2 Å². The third-order valence-corrected chi connectivity index (χ3v) is 4.02. The highest BCUT2D eigenvalue weighted by atomic mass is 16.6. The third kappa shape index (κ3) is 5.48. The highest BCUT2D eigenvalue weighted by molar-refractivity contribution is 5.98. The third-order valence-electron chi connectivity index (χ3n) is 4.02. The van der Waals surface area contributed by atoms with Gasteiger partial charge >= 0.3 is 12.0 Å². The molecular formula is C22H20N2O6. The first-order valence-electron chi connectivity index (χ1n) is 9.12.